The lowest BCUT2D eigenvalue weighted by molar-refractivity contribution is -0.130. The van der Waals surface area contributed by atoms with Gasteiger partial charge in [0.2, 0.25) is 5.91 Å². The van der Waals surface area contributed by atoms with Crippen LogP contribution in [0.1, 0.15) is 25.8 Å². The SMILES string of the molecule is Cc1ccc(OCCN(C)C(=O)CCNC(C)C)cc1. The third-order valence-corrected chi connectivity index (χ3v) is 3.03. The highest BCUT2D eigenvalue weighted by Gasteiger charge is 2.08. The maximum absolute atomic E-state index is 11.8. The number of amides is 1. The van der Waals surface area contributed by atoms with Crippen LogP contribution in [0, 0.1) is 6.92 Å². The minimum atomic E-state index is 0.144. The van der Waals surface area contributed by atoms with Gasteiger partial charge in [-0.1, -0.05) is 31.5 Å². The fraction of sp³-hybridized carbons (Fsp3) is 0.562. The van der Waals surface area contributed by atoms with Crippen LogP contribution in [0.25, 0.3) is 0 Å². The van der Waals surface area contributed by atoms with E-state index < -0.39 is 0 Å². The van der Waals surface area contributed by atoms with E-state index in [4.69, 9.17) is 4.74 Å². The third-order valence-electron chi connectivity index (χ3n) is 3.03. The summed E-state index contributed by atoms with van der Waals surface area (Å²) in [5.74, 6) is 0.989. The van der Waals surface area contributed by atoms with Crippen LogP contribution in [0.4, 0.5) is 0 Å². The molecule has 0 spiro atoms. The van der Waals surface area contributed by atoms with Crippen molar-refractivity contribution in [2.45, 2.75) is 33.2 Å². The first-order valence-corrected chi connectivity index (χ1v) is 7.16. The van der Waals surface area contributed by atoms with Gasteiger partial charge in [-0.2, -0.15) is 0 Å². The average molecular weight is 278 g/mol. The van der Waals surface area contributed by atoms with E-state index in [9.17, 15) is 4.79 Å². The molecular weight excluding hydrogens is 252 g/mol. The third kappa shape index (κ3) is 6.57. The molecule has 0 aliphatic rings. The van der Waals surface area contributed by atoms with Gasteiger partial charge >= 0.3 is 0 Å². The molecule has 20 heavy (non-hydrogen) atoms. The molecule has 0 unspecified atom stereocenters. The largest absolute Gasteiger partial charge is 0.492 e. The minimum absolute atomic E-state index is 0.144. The summed E-state index contributed by atoms with van der Waals surface area (Å²) in [4.78, 5) is 13.6. The Bertz CT molecular complexity index is 401. The van der Waals surface area contributed by atoms with Crippen LogP contribution < -0.4 is 10.1 Å². The van der Waals surface area contributed by atoms with Crippen LogP contribution >= 0.6 is 0 Å². The number of nitrogens with zero attached hydrogens (tertiary/aromatic N) is 1. The Morgan fingerprint density at radius 2 is 1.95 bits per heavy atom. The van der Waals surface area contributed by atoms with Crippen molar-refractivity contribution in [2.75, 3.05) is 26.7 Å². The van der Waals surface area contributed by atoms with Gasteiger partial charge < -0.3 is 15.0 Å². The lowest BCUT2D eigenvalue weighted by Crippen LogP contribution is -2.34. The maximum Gasteiger partial charge on any atom is 0.223 e. The van der Waals surface area contributed by atoms with Crippen molar-refractivity contribution in [2.24, 2.45) is 0 Å². The van der Waals surface area contributed by atoms with Gasteiger partial charge in [-0.05, 0) is 19.1 Å². The Morgan fingerprint density at radius 1 is 1.30 bits per heavy atom. The van der Waals surface area contributed by atoms with Crippen molar-refractivity contribution < 1.29 is 9.53 Å². The van der Waals surface area contributed by atoms with E-state index in [0.29, 0.717) is 25.6 Å². The van der Waals surface area contributed by atoms with Crippen LogP contribution in [-0.2, 0) is 4.79 Å². The van der Waals surface area contributed by atoms with E-state index in [-0.39, 0.29) is 5.91 Å². The molecule has 0 heterocycles. The Balaban J connectivity index is 2.20. The molecule has 1 aromatic carbocycles. The van der Waals surface area contributed by atoms with Crippen molar-refractivity contribution in [1.82, 2.24) is 10.2 Å². The van der Waals surface area contributed by atoms with E-state index in [1.54, 1.807) is 4.90 Å². The minimum Gasteiger partial charge on any atom is -0.492 e. The first-order valence-electron chi connectivity index (χ1n) is 7.16. The predicted octanol–water partition coefficient (Wildman–Crippen LogP) is 2.22. The fourth-order valence-corrected chi connectivity index (χ4v) is 1.72. The van der Waals surface area contributed by atoms with E-state index in [2.05, 4.69) is 19.2 Å². The summed E-state index contributed by atoms with van der Waals surface area (Å²) in [6.45, 7) is 8.03. The summed E-state index contributed by atoms with van der Waals surface area (Å²) < 4.78 is 5.61. The summed E-state index contributed by atoms with van der Waals surface area (Å²) in [5.41, 5.74) is 1.21. The molecule has 0 bridgehead atoms. The van der Waals surface area contributed by atoms with E-state index in [1.807, 2.05) is 38.2 Å². The number of nitrogens with one attached hydrogen (secondary N) is 1. The molecule has 1 rings (SSSR count). The van der Waals surface area contributed by atoms with Crippen molar-refractivity contribution in [1.29, 1.82) is 0 Å². The van der Waals surface area contributed by atoms with Gasteiger partial charge in [0.05, 0.1) is 6.54 Å². The van der Waals surface area contributed by atoms with Crippen LogP contribution in [0.5, 0.6) is 5.75 Å². The average Bonchev–Trinajstić information content (AvgIpc) is 2.40. The molecule has 0 aliphatic heterocycles. The van der Waals surface area contributed by atoms with Crippen molar-refractivity contribution >= 4 is 5.91 Å². The molecule has 1 amide bonds. The summed E-state index contributed by atoms with van der Waals surface area (Å²) in [6.07, 6.45) is 0.527. The van der Waals surface area contributed by atoms with Gasteiger partial charge in [-0.3, -0.25) is 4.79 Å². The van der Waals surface area contributed by atoms with Crippen LogP contribution in [0.3, 0.4) is 0 Å². The number of hydrogen-bond acceptors (Lipinski definition) is 3. The first kappa shape index (κ1) is 16.5. The summed E-state index contributed by atoms with van der Waals surface area (Å²) in [7, 11) is 1.82. The first-order chi connectivity index (χ1) is 9.49. The summed E-state index contributed by atoms with van der Waals surface area (Å²) in [6, 6.07) is 8.34. The van der Waals surface area contributed by atoms with Crippen molar-refractivity contribution in [3.63, 3.8) is 0 Å². The normalized spacial score (nSPS) is 10.7. The number of carbonyl (C=O) groups excluding carboxylic acids is 1. The Kier molecular flexibility index (Phi) is 7.09. The highest BCUT2D eigenvalue weighted by molar-refractivity contribution is 5.76. The lowest BCUT2D eigenvalue weighted by Gasteiger charge is -2.18. The van der Waals surface area contributed by atoms with E-state index in [1.165, 1.54) is 5.56 Å². The van der Waals surface area contributed by atoms with Gasteiger partial charge in [-0.15, -0.1) is 0 Å². The molecular formula is C16H26N2O2. The summed E-state index contributed by atoms with van der Waals surface area (Å²) in [5, 5.41) is 3.24. The molecule has 0 atom stereocenters. The number of ether oxygens (including phenoxy) is 1. The second kappa shape index (κ2) is 8.59. The van der Waals surface area contributed by atoms with Crippen molar-refractivity contribution in [3.8, 4) is 5.75 Å². The van der Waals surface area contributed by atoms with Gasteiger partial charge in [0, 0.05) is 26.1 Å². The molecule has 112 valence electrons. The van der Waals surface area contributed by atoms with Crippen molar-refractivity contribution in [3.05, 3.63) is 29.8 Å². The van der Waals surface area contributed by atoms with Gasteiger partial charge in [0.25, 0.3) is 0 Å². The number of hydrogen-bond donors (Lipinski definition) is 1. The molecule has 4 nitrogen and oxygen atoms in total. The second-order valence-corrected chi connectivity index (χ2v) is 5.34. The number of likely N-dealkylation sites (N-methyl/N-ethyl adjacent to an activating group) is 1. The van der Waals surface area contributed by atoms with Crippen LogP contribution in [-0.4, -0.2) is 43.6 Å². The molecule has 0 saturated carbocycles. The molecule has 0 fully saturated rings. The predicted molar refractivity (Wildman–Crippen MR) is 82.1 cm³/mol. The molecule has 1 N–H and O–H groups in total. The summed E-state index contributed by atoms with van der Waals surface area (Å²) >= 11 is 0. The zero-order valence-corrected chi connectivity index (χ0v) is 13.0. The molecule has 0 aromatic heterocycles. The van der Waals surface area contributed by atoms with Gasteiger partial charge in [0.1, 0.15) is 12.4 Å². The van der Waals surface area contributed by atoms with Gasteiger partial charge in [0.15, 0.2) is 0 Å². The molecule has 0 radical (unpaired) electrons. The lowest BCUT2D eigenvalue weighted by atomic mass is 10.2. The highest BCUT2D eigenvalue weighted by atomic mass is 16.5. The standard InChI is InChI=1S/C16H26N2O2/c1-13(2)17-10-9-16(19)18(4)11-12-20-15-7-5-14(3)6-8-15/h5-8,13,17H,9-12H2,1-4H3. The van der Waals surface area contributed by atoms with Crippen LogP contribution in [0.2, 0.25) is 0 Å². The Hall–Kier alpha value is -1.55. The van der Waals surface area contributed by atoms with E-state index >= 15 is 0 Å². The topological polar surface area (TPSA) is 41.6 Å². The smallest absolute Gasteiger partial charge is 0.223 e. The van der Waals surface area contributed by atoms with Gasteiger partial charge in [-0.25, -0.2) is 0 Å². The van der Waals surface area contributed by atoms with Crippen LogP contribution in [0.15, 0.2) is 24.3 Å². The molecule has 0 saturated heterocycles. The number of carbonyl (C=O) groups is 1. The highest BCUT2D eigenvalue weighted by Crippen LogP contribution is 2.11. The fourth-order valence-electron chi connectivity index (χ4n) is 1.72. The molecule has 4 heteroatoms. The Labute approximate surface area is 122 Å². The zero-order chi connectivity index (χ0) is 15.0. The number of rotatable bonds is 8. The zero-order valence-electron chi connectivity index (χ0n) is 13.0. The van der Waals surface area contributed by atoms with E-state index in [0.717, 1.165) is 12.3 Å². The second-order valence-electron chi connectivity index (χ2n) is 5.34. The Morgan fingerprint density at radius 3 is 2.55 bits per heavy atom. The number of benzene rings is 1. The number of aryl methyl sites for hydroxylation is 1. The molecule has 1 aromatic rings. The monoisotopic (exact) mass is 278 g/mol. The quantitative estimate of drug-likeness (QED) is 0.793. The maximum atomic E-state index is 11.8. The molecule has 0 aliphatic carbocycles.